The van der Waals surface area contributed by atoms with Gasteiger partial charge in [0.1, 0.15) is 0 Å². The molecule has 4 fully saturated rings. The molecular formula is C20H28O. The highest BCUT2D eigenvalue weighted by Gasteiger charge is 2.51. The molecule has 5 rings (SSSR count). The van der Waals surface area contributed by atoms with Gasteiger partial charge in [-0.05, 0) is 98.7 Å². The molecule has 0 aromatic heterocycles. The summed E-state index contributed by atoms with van der Waals surface area (Å²) in [6.45, 7) is 4.29. The first kappa shape index (κ1) is 13.8. The summed E-state index contributed by atoms with van der Waals surface area (Å²) in [5.74, 6) is 2.93. The van der Waals surface area contributed by atoms with Crippen molar-refractivity contribution < 1.29 is 5.11 Å². The van der Waals surface area contributed by atoms with E-state index in [1.165, 1.54) is 49.7 Å². The van der Waals surface area contributed by atoms with Crippen molar-refractivity contribution in [2.75, 3.05) is 0 Å². The van der Waals surface area contributed by atoms with Crippen LogP contribution in [0, 0.1) is 37.0 Å². The van der Waals surface area contributed by atoms with E-state index in [1.54, 1.807) is 0 Å². The number of benzene rings is 1. The van der Waals surface area contributed by atoms with Crippen molar-refractivity contribution in [2.45, 2.75) is 64.9 Å². The smallest absolute Gasteiger partial charge is 0.0795 e. The van der Waals surface area contributed by atoms with Crippen LogP contribution < -0.4 is 0 Å². The van der Waals surface area contributed by atoms with Gasteiger partial charge in [0.2, 0.25) is 0 Å². The van der Waals surface area contributed by atoms with Gasteiger partial charge >= 0.3 is 0 Å². The zero-order chi connectivity index (χ0) is 14.6. The number of aryl methyl sites for hydroxylation is 2. The lowest BCUT2D eigenvalue weighted by atomic mass is 9.48. The van der Waals surface area contributed by atoms with Gasteiger partial charge in [-0.3, -0.25) is 0 Å². The van der Waals surface area contributed by atoms with Crippen molar-refractivity contribution in [1.29, 1.82) is 0 Å². The number of aliphatic hydroxyl groups is 1. The first-order valence-electron chi connectivity index (χ1n) is 8.78. The summed E-state index contributed by atoms with van der Waals surface area (Å²) in [5.41, 5.74) is 4.22. The molecule has 21 heavy (non-hydrogen) atoms. The summed E-state index contributed by atoms with van der Waals surface area (Å²) < 4.78 is 0. The summed E-state index contributed by atoms with van der Waals surface area (Å²) in [5, 5.41) is 10.8. The Kier molecular flexibility index (Phi) is 3.19. The standard InChI is InChI=1S/C20H28O/c1-13-3-4-18(5-14(13)2)19(21)12-20-9-15-6-16(10-20)8-17(7-15)11-20/h3-5,15-17,19,21H,6-12H2,1-2H3. The predicted molar refractivity (Wildman–Crippen MR) is 86.1 cm³/mol. The summed E-state index contributed by atoms with van der Waals surface area (Å²) >= 11 is 0. The Bertz CT molecular complexity index is 509. The third-order valence-electron chi connectivity index (χ3n) is 6.71. The highest BCUT2D eigenvalue weighted by atomic mass is 16.3. The maximum absolute atomic E-state index is 10.8. The van der Waals surface area contributed by atoms with Crippen LogP contribution in [0.4, 0.5) is 0 Å². The first-order chi connectivity index (χ1) is 10.0. The van der Waals surface area contributed by atoms with E-state index in [-0.39, 0.29) is 6.10 Å². The molecule has 4 saturated carbocycles. The second-order valence-corrected chi connectivity index (χ2v) is 8.48. The van der Waals surface area contributed by atoms with Gasteiger partial charge in [0.25, 0.3) is 0 Å². The second kappa shape index (κ2) is 4.84. The van der Waals surface area contributed by atoms with Gasteiger partial charge in [-0.2, -0.15) is 0 Å². The fourth-order valence-electron chi connectivity index (χ4n) is 6.04. The normalized spacial score (nSPS) is 38.7. The van der Waals surface area contributed by atoms with Crippen molar-refractivity contribution in [2.24, 2.45) is 23.2 Å². The molecule has 0 amide bonds. The monoisotopic (exact) mass is 284 g/mol. The number of aliphatic hydroxyl groups excluding tert-OH is 1. The largest absolute Gasteiger partial charge is 0.388 e. The number of hydrogen-bond donors (Lipinski definition) is 1. The molecule has 4 aliphatic carbocycles. The molecule has 1 aromatic rings. The maximum atomic E-state index is 10.8. The van der Waals surface area contributed by atoms with E-state index in [4.69, 9.17) is 0 Å². The van der Waals surface area contributed by atoms with E-state index in [0.717, 1.165) is 29.7 Å². The molecule has 0 heterocycles. The molecule has 0 spiro atoms. The van der Waals surface area contributed by atoms with Crippen LogP contribution in [0.5, 0.6) is 0 Å². The van der Waals surface area contributed by atoms with Crippen LogP contribution in [0.3, 0.4) is 0 Å². The third-order valence-corrected chi connectivity index (χ3v) is 6.71. The summed E-state index contributed by atoms with van der Waals surface area (Å²) in [4.78, 5) is 0. The molecule has 0 saturated heterocycles. The van der Waals surface area contributed by atoms with Crippen LogP contribution in [0.25, 0.3) is 0 Å². The van der Waals surface area contributed by atoms with Crippen LogP contribution in [0.2, 0.25) is 0 Å². The average molecular weight is 284 g/mol. The van der Waals surface area contributed by atoms with E-state index >= 15 is 0 Å². The van der Waals surface area contributed by atoms with Gasteiger partial charge in [-0.15, -0.1) is 0 Å². The van der Waals surface area contributed by atoms with Crippen LogP contribution in [0.15, 0.2) is 18.2 Å². The van der Waals surface area contributed by atoms with E-state index in [9.17, 15) is 5.11 Å². The molecule has 1 aromatic carbocycles. The second-order valence-electron chi connectivity index (χ2n) is 8.48. The fourth-order valence-corrected chi connectivity index (χ4v) is 6.04. The Morgan fingerprint density at radius 2 is 1.57 bits per heavy atom. The zero-order valence-electron chi connectivity index (χ0n) is 13.4. The molecule has 0 aliphatic heterocycles. The van der Waals surface area contributed by atoms with Gasteiger partial charge in [0.15, 0.2) is 0 Å². The lowest BCUT2D eigenvalue weighted by molar-refractivity contribution is -0.0764. The molecule has 4 bridgehead atoms. The van der Waals surface area contributed by atoms with Crippen LogP contribution in [-0.2, 0) is 0 Å². The molecule has 1 unspecified atom stereocenters. The van der Waals surface area contributed by atoms with Crippen molar-refractivity contribution in [1.82, 2.24) is 0 Å². The Morgan fingerprint density at radius 1 is 1.00 bits per heavy atom. The Morgan fingerprint density at radius 3 is 2.10 bits per heavy atom. The quantitative estimate of drug-likeness (QED) is 0.833. The highest BCUT2D eigenvalue weighted by molar-refractivity contribution is 5.31. The number of rotatable bonds is 3. The van der Waals surface area contributed by atoms with E-state index in [1.807, 2.05) is 0 Å². The molecule has 1 nitrogen and oxygen atoms in total. The van der Waals surface area contributed by atoms with Crippen LogP contribution in [0.1, 0.15) is 67.7 Å². The van der Waals surface area contributed by atoms with Crippen LogP contribution in [-0.4, -0.2) is 5.11 Å². The lowest BCUT2D eigenvalue weighted by Crippen LogP contribution is -2.46. The van der Waals surface area contributed by atoms with Crippen LogP contribution >= 0.6 is 0 Å². The number of hydrogen-bond acceptors (Lipinski definition) is 1. The zero-order valence-corrected chi connectivity index (χ0v) is 13.4. The Balaban J connectivity index is 1.53. The fraction of sp³-hybridized carbons (Fsp3) is 0.700. The van der Waals surface area contributed by atoms with Gasteiger partial charge in [0, 0.05) is 0 Å². The van der Waals surface area contributed by atoms with E-state index < -0.39 is 0 Å². The first-order valence-corrected chi connectivity index (χ1v) is 8.78. The van der Waals surface area contributed by atoms with Crippen molar-refractivity contribution in [3.8, 4) is 0 Å². The minimum absolute atomic E-state index is 0.263. The maximum Gasteiger partial charge on any atom is 0.0795 e. The minimum Gasteiger partial charge on any atom is -0.388 e. The molecular weight excluding hydrogens is 256 g/mol. The van der Waals surface area contributed by atoms with E-state index in [2.05, 4.69) is 32.0 Å². The van der Waals surface area contributed by atoms with Gasteiger partial charge in [0.05, 0.1) is 6.10 Å². The van der Waals surface area contributed by atoms with Crippen molar-refractivity contribution in [3.05, 3.63) is 34.9 Å². The summed E-state index contributed by atoms with van der Waals surface area (Å²) in [6.07, 6.45) is 9.36. The topological polar surface area (TPSA) is 20.2 Å². The average Bonchev–Trinajstić information content (AvgIpc) is 2.39. The van der Waals surface area contributed by atoms with Gasteiger partial charge in [-0.25, -0.2) is 0 Å². The molecule has 4 aliphatic rings. The van der Waals surface area contributed by atoms with Crippen molar-refractivity contribution >= 4 is 0 Å². The Labute approximate surface area is 128 Å². The van der Waals surface area contributed by atoms with Gasteiger partial charge in [-0.1, -0.05) is 18.2 Å². The Hall–Kier alpha value is -0.820. The van der Waals surface area contributed by atoms with Gasteiger partial charge < -0.3 is 5.11 Å². The lowest BCUT2D eigenvalue weighted by Gasteiger charge is -2.57. The van der Waals surface area contributed by atoms with Crippen molar-refractivity contribution in [3.63, 3.8) is 0 Å². The molecule has 1 N–H and O–H groups in total. The molecule has 114 valence electrons. The molecule has 1 heteroatoms. The minimum atomic E-state index is -0.263. The SMILES string of the molecule is Cc1ccc(C(O)CC23CC4CC(CC(C4)C2)C3)cc1C. The summed E-state index contributed by atoms with van der Waals surface area (Å²) in [7, 11) is 0. The summed E-state index contributed by atoms with van der Waals surface area (Å²) in [6, 6.07) is 6.49. The molecule has 0 radical (unpaired) electrons. The highest BCUT2D eigenvalue weighted by Crippen LogP contribution is 2.62. The van der Waals surface area contributed by atoms with E-state index in [0.29, 0.717) is 5.41 Å². The third kappa shape index (κ3) is 2.44. The molecule has 1 atom stereocenters. The predicted octanol–water partition coefficient (Wildman–Crippen LogP) is 4.94.